The minimum atomic E-state index is -0.893. The zero-order valence-corrected chi connectivity index (χ0v) is 7.82. The molecular formula is C5H7ClN4O4. The Hall–Kier alpha value is -1.67. The highest BCUT2D eigenvalue weighted by molar-refractivity contribution is 5.90. The van der Waals surface area contributed by atoms with Gasteiger partial charge in [0.15, 0.2) is 0 Å². The lowest BCUT2D eigenvalue weighted by Gasteiger charge is -1.95. The van der Waals surface area contributed by atoms with Crippen molar-refractivity contribution in [3.63, 3.8) is 0 Å². The Morgan fingerprint density at radius 3 is 2.71 bits per heavy atom. The van der Waals surface area contributed by atoms with E-state index in [9.17, 15) is 14.9 Å². The SMILES string of the molecule is Cl.Cn1c([N+](=O)[O-])cnc1C(=O)NO. The zero-order valence-electron chi connectivity index (χ0n) is 7.00. The molecule has 1 amide bonds. The van der Waals surface area contributed by atoms with E-state index >= 15 is 0 Å². The molecule has 1 aromatic rings. The monoisotopic (exact) mass is 222 g/mol. The third kappa shape index (κ3) is 1.98. The fourth-order valence-corrected chi connectivity index (χ4v) is 0.831. The van der Waals surface area contributed by atoms with E-state index in [2.05, 4.69) is 4.98 Å². The number of imidazole rings is 1. The Morgan fingerprint density at radius 2 is 2.36 bits per heavy atom. The van der Waals surface area contributed by atoms with Gasteiger partial charge >= 0.3 is 11.7 Å². The number of nitrogens with one attached hydrogen (secondary N) is 1. The number of amides is 1. The first-order valence-corrected chi connectivity index (χ1v) is 3.18. The lowest BCUT2D eigenvalue weighted by Crippen LogP contribution is -2.22. The van der Waals surface area contributed by atoms with Crippen molar-refractivity contribution in [1.29, 1.82) is 0 Å². The van der Waals surface area contributed by atoms with Crippen LogP contribution in [0.15, 0.2) is 6.20 Å². The van der Waals surface area contributed by atoms with E-state index in [1.165, 1.54) is 12.5 Å². The molecule has 0 saturated carbocycles. The predicted molar refractivity (Wildman–Crippen MR) is 46.4 cm³/mol. The number of hydrogen-bond donors (Lipinski definition) is 2. The van der Waals surface area contributed by atoms with E-state index in [4.69, 9.17) is 5.21 Å². The van der Waals surface area contributed by atoms with Crippen LogP contribution in [0.2, 0.25) is 0 Å². The molecule has 0 saturated heterocycles. The van der Waals surface area contributed by atoms with Crippen LogP contribution in [-0.4, -0.2) is 25.6 Å². The van der Waals surface area contributed by atoms with Crippen LogP contribution in [0.25, 0.3) is 0 Å². The molecule has 9 heteroatoms. The Bertz CT molecular complexity index is 363. The maximum absolute atomic E-state index is 10.8. The summed E-state index contributed by atoms with van der Waals surface area (Å²) in [7, 11) is 1.30. The number of hydrogen-bond acceptors (Lipinski definition) is 5. The standard InChI is InChI=1S/C5H6N4O4.ClH/c1-8-3(9(12)13)2-6-4(8)5(10)7-11;/h2,11H,1H3,(H,7,10);1H. The molecule has 14 heavy (non-hydrogen) atoms. The van der Waals surface area contributed by atoms with E-state index in [1.807, 2.05) is 0 Å². The summed E-state index contributed by atoms with van der Waals surface area (Å²) < 4.78 is 0.964. The van der Waals surface area contributed by atoms with Crippen molar-refractivity contribution in [3.8, 4) is 0 Å². The van der Waals surface area contributed by atoms with E-state index in [1.54, 1.807) is 0 Å². The summed E-state index contributed by atoms with van der Waals surface area (Å²) in [5, 5.41) is 18.5. The molecule has 1 rings (SSSR count). The maximum Gasteiger partial charge on any atom is 0.343 e. The molecule has 0 aliphatic heterocycles. The van der Waals surface area contributed by atoms with E-state index in [0.29, 0.717) is 0 Å². The molecule has 0 radical (unpaired) electrons. The second-order valence-electron chi connectivity index (χ2n) is 2.20. The van der Waals surface area contributed by atoms with Gasteiger partial charge in [-0.05, 0) is 4.92 Å². The van der Waals surface area contributed by atoms with E-state index in [-0.39, 0.29) is 24.0 Å². The summed E-state index contributed by atoms with van der Waals surface area (Å²) in [5.74, 6) is -1.44. The average Bonchev–Trinajstić information content (AvgIpc) is 2.46. The number of halogens is 1. The molecular weight excluding hydrogens is 216 g/mol. The molecule has 0 aliphatic rings. The number of carbonyl (C=O) groups excluding carboxylic acids is 1. The van der Waals surface area contributed by atoms with Crippen molar-refractivity contribution < 1.29 is 14.9 Å². The van der Waals surface area contributed by atoms with Crippen LogP contribution in [0.5, 0.6) is 0 Å². The first kappa shape index (κ1) is 12.3. The van der Waals surface area contributed by atoms with Gasteiger partial charge in [0.25, 0.3) is 5.82 Å². The zero-order chi connectivity index (χ0) is 10.0. The largest absolute Gasteiger partial charge is 0.358 e. The van der Waals surface area contributed by atoms with Crippen molar-refractivity contribution in [1.82, 2.24) is 15.0 Å². The average molecular weight is 223 g/mol. The van der Waals surface area contributed by atoms with Gasteiger partial charge in [-0.3, -0.25) is 10.0 Å². The fraction of sp³-hybridized carbons (Fsp3) is 0.200. The van der Waals surface area contributed by atoms with Crippen LogP contribution in [0.3, 0.4) is 0 Å². The Balaban J connectivity index is 0.00000169. The molecule has 0 unspecified atom stereocenters. The smallest absolute Gasteiger partial charge is 0.343 e. The summed E-state index contributed by atoms with van der Waals surface area (Å²) >= 11 is 0. The highest BCUT2D eigenvalue weighted by Gasteiger charge is 2.21. The number of nitrogens with zero attached hydrogens (tertiary/aromatic N) is 3. The summed E-state index contributed by atoms with van der Waals surface area (Å²) in [6.07, 6.45) is 0.935. The van der Waals surface area contributed by atoms with E-state index in [0.717, 1.165) is 10.8 Å². The third-order valence-corrected chi connectivity index (χ3v) is 1.46. The van der Waals surface area contributed by atoms with Gasteiger partial charge in [-0.15, -0.1) is 12.4 Å². The normalized spacial score (nSPS) is 9.00. The van der Waals surface area contributed by atoms with E-state index < -0.39 is 10.8 Å². The molecule has 78 valence electrons. The molecule has 1 heterocycles. The number of aromatic nitrogens is 2. The highest BCUT2D eigenvalue weighted by Crippen LogP contribution is 2.10. The third-order valence-electron chi connectivity index (χ3n) is 1.46. The van der Waals surface area contributed by atoms with Crippen molar-refractivity contribution in [2.24, 2.45) is 7.05 Å². The quantitative estimate of drug-likeness (QED) is 0.411. The first-order chi connectivity index (χ1) is 6.07. The molecule has 0 aromatic carbocycles. The van der Waals surface area contributed by atoms with Gasteiger partial charge in [0, 0.05) is 0 Å². The number of rotatable bonds is 2. The molecule has 8 nitrogen and oxygen atoms in total. The van der Waals surface area contributed by atoms with Crippen molar-refractivity contribution in [2.45, 2.75) is 0 Å². The van der Waals surface area contributed by atoms with Gasteiger partial charge in [-0.25, -0.2) is 15.0 Å². The minimum absolute atomic E-state index is 0. The Labute approximate surface area is 84.1 Å². The van der Waals surface area contributed by atoms with Crippen LogP contribution in [0.1, 0.15) is 10.6 Å². The molecule has 0 atom stereocenters. The number of hydroxylamine groups is 1. The molecule has 0 aliphatic carbocycles. The van der Waals surface area contributed by atoms with Gasteiger partial charge < -0.3 is 10.1 Å². The van der Waals surface area contributed by atoms with Gasteiger partial charge in [0.2, 0.25) is 0 Å². The topological polar surface area (TPSA) is 110 Å². The molecule has 2 N–H and O–H groups in total. The van der Waals surface area contributed by atoms with Crippen LogP contribution in [-0.2, 0) is 7.05 Å². The number of carbonyl (C=O) groups is 1. The van der Waals surface area contributed by atoms with Crippen LogP contribution < -0.4 is 5.48 Å². The summed E-state index contributed by atoms with van der Waals surface area (Å²) in [6, 6.07) is 0. The summed E-state index contributed by atoms with van der Waals surface area (Å²) in [5.41, 5.74) is 1.33. The first-order valence-electron chi connectivity index (χ1n) is 3.18. The van der Waals surface area contributed by atoms with Gasteiger partial charge in [0.1, 0.15) is 6.20 Å². The summed E-state index contributed by atoms with van der Waals surface area (Å²) in [6.45, 7) is 0. The molecule has 0 bridgehead atoms. The lowest BCUT2D eigenvalue weighted by molar-refractivity contribution is -0.391. The van der Waals surface area contributed by atoms with Crippen molar-refractivity contribution in [3.05, 3.63) is 22.1 Å². The second kappa shape index (κ2) is 4.53. The minimum Gasteiger partial charge on any atom is -0.358 e. The Morgan fingerprint density at radius 1 is 1.79 bits per heavy atom. The highest BCUT2D eigenvalue weighted by atomic mass is 35.5. The fourth-order valence-electron chi connectivity index (χ4n) is 0.831. The predicted octanol–water partition coefficient (Wildman–Crippen LogP) is -0.131. The number of nitro groups is 1. The van der Waals surface area contributed by atoms with Crippen molar-refractivity contribution >= 4 is 24.1 Å². The van der Waals surface area contributed by atoms with Crippen molar-refractivity contribution in [2.75, 3.05) is 0 Å². The molecule has 0 spiro atoms. The molecule has 0 fully saturated rings. The van der Waals surface area contributed by atoms with Crippen LogP contribution in [0, 0.1) is 10.1 Å². The van der Waals surface area contributed by atoms with Gasteiger partial charge in [-0.1, -0.05) is 0 Å². The Kier molecular flexibility index (Phi) is 3.99. The van der Waals surface area contributed by atoms with Gasteiger partial charge in [-0.2, -0.15) is 0 Å². The van der Waals surface area contributed by atoms with Crippen LogP contribution >= 0.6 is 12.4 Å². The second-order valence-corrected chi connectivity index (χ2v) is 2.20. The van der Waals surface area contributed by atoms with Gasteiger partial charge in [0.05, 0.1) is 7.05 Å². The van der Waals surface area contributed by atoms with Crippen LogP contribution in [0.4, 0.5) is 5.82 Å². The summed E-state index contributed by atoms with van der Waals surface area (Å²) in [4.78, 5) is 23.9. The lowest BCUT2D eigenvalue weighted by atomic mass is 10.6. The molecule has 1 aromatic heterocycles. The maximum atomic E-state index is 10.8.